The second-order valence-electron chi connectivity index (χ2n) is 7.09. The number of carbonyl (C=O) groups is 1. The molecule has 4 rings (SSSR count). The zero-order valence-corrected chi connectivity index (χ0v) is 15.7. The minimum atomic E-state index is -0.221. The monoisotopic (exact) mass is 381 g/mol. The van der Waals surface area contributed by atoms with E-state index < -0.39 is 0 Å². The summed E-state index contributed by atoms with van der Waals surface area (Å²) in [5.41, 5.74) is 9.18. The number of amides is 1. The lowest BCUT2D eigenvalue weighted by atomic mass is 10.1. The van der Waals surface area contributed by atoms with Crippen LogP contribution in [0.2, 0.25) is 0 Å². The summed E-state index contributed by atoms with van der Waals surface area (Å²) < 4.78 is 13.1. The van der Waals surface area contributed by atoms with E-state index in [1.807, 2.05) is 24.3 Å². The fourth-order valence-corrected chi connectivity index (χ4v) is 3.53. The van der Waals surface area contributed by atoms with E-state index in [-0.39, 0.29) is 11.7 Å². The number of nitrogens with zero attached hydrogens (tertiary/aromatic N) is 4. The molecule has 28 heavy (non-hydrogen) atoms. The molecule has 0 bridgehead atoms. The van der Waals surface area contributed by atoms with Crippen LogP contribution < -0.4 is 15.5 Å². The SMILES string of the molecule is NC(=NCc1cccc(N2CCC2=O)c1)N1CCN(c2ccc(F)cc2)CC1. The van der Waals surface area contributed by atoms with Gasteiger partial charge in [0.05, 0.1) is 6.54 Å². The highest BCUT2D eigenvalue weighted by atomic mass is 19.1. The van der Waals surface area contributed by atoms with Crippen LogP contribution in [-0.4, -0.2) is 49.5 Å². The minimum absolute atomic E-state index is 0.166. The van der Waals surface area contributed by atoms with Crippen LogP contribution in [-0.2, 0) is 11.3 Å². The van der Waals surface area contributed by atoms with Gasteiger partial charge in [0.1, 0.15) is 5.82 Å². The van der Waals surface area contributed by atoms with Crippen molar-refractivity contribution < 1.29 is 9.18 Å². The Labute approximate surface area is 164 Å². The van der Waals surface area contributed by atoms with E-state index in [4.69, 9.17) is 5.73 Å². The van der Waals surface area contributed by atoms with Crippen LogP contribution in [0.3, 0.4) is 0 Å². The number of hydrogen-bond donors (Lipinski definition) is 1. The maximum Gasteiger partial charge on any atom is 0.228 e. The molecule has 0 spiro atoms. The number of β-lactam (4-membered cyclic amide) rings is 1. The Morgan fingerprint density at radius 3 is 2.39 bits per heavy atom. The number of anilines is 2. The van der Waals surface area contributed by atoms with Gasteiger partial charge in [0.2, 0.25) is 5.91 Å². The Morgan fingerprint density at radius 1 is 1.00 bits per heavy atom. The van der Waals surface area contributed by atoms with Gasteiger partial charge in [-0.1, -0.05) is 12.1 Å². The van der Waals surface area contributed by atoms with Gasteiger partial charge in [-0.15, -0.1) is 0 Å². The molecule has 0 unspecified atom stereocenters. The van der Waals surface area contributed by atoms with E-state index >= 15 is 0 Å². The Kier molecular flexibility index (Phi) is 5.14. The fraction of sp³-hybridized carbons (Fsp3) is 0.333. The number of piperazine rings is 1. The third-order valence-electron chi connectivity index (χ3n) is 5.29. The topological polar surface area (TPSA) is 65.2 Å². The Bertz CT molecular complexity index is 875. The average Bonchev–Trinajstić information content (AvgIpc) is 2.72. The molecule has 1 amide bonds. The summed E-state index contributed by atoms with van der Waals surface area (Å²) in [5, 5.41) is 0. The summed E-state index contributed by atoms with van der Waals surface area (Å²) in [7, 11) is 0. The zero-order chi connectivity index (χ0) is 19.5. The highest BCUT2D eigenvalue weighted by Gasteiger charge is 2.25. The van der Waals surface area contributed by atoms with Gasteiger partial charge in [-0.05, 0) is 42.0 Å². The van der Waals surface area contributed by atoms with E-state index in [1.54, 1.807) is 17.0 Å². The van der Waals surface area contributed by atoms with E-state index in [0.29, 0.717) is 18.9 Å². The Balaban J connectivity index is 1.33. The average molecular weight is 381 g/mol. The quantitative estimate of drug-likeness (QED) is 0.501. The summed E-state index contributed by atoms with van der Waals surface area (Å²) in [6.45, 7) is 4.44. The highest BCUT2D eigenvalue weighted by molar-refractivity contribution is 5.99. The van der Waals surface area contributed by atoms with Crippen molar-refractivity contribution in [2.75, 3.05) is 42.5 Å². The number of rotatable bonds is 4. The van der Waals surface area contributed by atoms with Crippen LogP contribution in [0.4, 0.5) is 15.8 Å². The van der Waals surface area contributed by atoms with Crippen LogP contribution in [0, 0.1) is 5.82 Å². The zero-order valence-electron chi connectivity index (χ0n) is 15.7. The molecule has 2 fully saturated rings. The molecular formula is C21H24FN5O. The molecule has 0 aromatic heterocycles. The van der Waals surface area contributed by atoms with Gasteiger partial charge in [-0.25, -0.2) is 9.38 Å². The molecule has 146 valence electrons. The molecule has 2 aromatic carbocycles. The molecular weight excluding hydrogens is 357 g/mol. The molecule has 7 heteroatoms. The normalized spacial score (nSPS) is 17.7. The first-order valence-electron chi connectivity index (χ1n) is 9.55. The molecule has 0 atom stereocenters. The molecule has 0 aliphatic carbocycles. The van der Waals surface area contributed by atoms with Crippen molar-refractivity contribution in [3.63, 3.8) is 0 Å². The molecule has 2 heterocycles. The van der Waals surface area contributed by atoms with Crippen LogP contribution in [0.25, 0.3) is 0 Å². The van der Waals surface area contributed by atoms with Crippen molar-refractivity contribution in [1.29, 1.82) is 0 Å². The van der Waals surface area contributed by atoms with Crippen molar-refractivity contribution in [1.82, 2.24) is 4.90 Å². The predicted molar refractivity (Wildman–Crippen MR) is 109 cm³/mol. The van der Waals surface area contributed by atoms with Gasteiger partial charge in [0.25, 0.3) is 0 Å². The van der Waals surface area contributed by atoms with E-state index in [2.05, 4.69) is 14.8 Å². The van der Waals surface area contributed by atoms with Crippen LogP contribution in [0.15, 0.2) is 53.5 Å². The van der Waals surface area contributed by atoms with Gasteiger partial charge in [-0.3, -0.25) is 4.79 Å². The third kappa shape index (κ3) is 3.93. The molecule has 0 saturated carbocycles. The van der Waals surface area contributed by atoms with Gasteiger partial charge in [0, 0.05) is 50.5 Å². The van der Waals surface area contributed by atoms with E-state index in [1.165, 1.54) is 12.1 Å². The summed E-state index contributed by atoms with van der Waals surface area (Å²) >= 11 is 0. The molecule has 0 radical (unpaired) electrons. The van der Waals surface area contributed by atoms with Crippen molar-refractivity contribution in [2.45, 2.75) is 13.0 Å². The lowest BCUT2D eigenvalue weighted by Gasteiger charge is -2.36. The summed E-state index contributed by atoms with van der Waals surface area (Å²) in [6.07, 6.45) is 0.624. The van der Waals surface area contributed by atoms with Gasteiger partial charge < -0.3 is 20.4 Å². The van der Waals surface area contributed by atoms with E-state index in [9.17, 15) is 9.18 Å². The number of aliphatic imine (C=N–C) groups is 1. The standard InChI is InChI=1S/C21H24FN5O/c22-17-4-6-18(7-5-17)25-10-12-26(13-11-25)21(23)24-15-16-2-1-3-19(14-16)27-9-8-20(27)28/h1-7,14H,8-13,15H2,(H2,23,24). The summed E-state index contributed by atoms with van der Waals surface area (Å²) in [6, 6.07) is 14.5. The maximum atomic E-state index is 13.1. The highest BCUT2D eigenvalue weighted by Crippen LogP contribution is 2.23. The first-order valence-corrected chi connectivity index (χ1v) is 9.55. The maximum absolute atomic E-state index is 13.1. The van der Waals surface area contributed by atoms with Crippen LogP contribution in [0.5, 0.6) is 0 Å². The number of benzene rings is 2. The van der Waals surface area contributed by atoms with E-state index in [0.717, 1.165) is 49.7 Å². The van der Waals surface area contributed by atoms with Crippen LogP contribution >= 0.6 is 0 Å². The fourth-order valence-electron chi connectivity index (χ4n) is 3.53. The predicted octanol–water partition coefficient (Wildman–Crippen LogP) is 2.20. The van der Waals surface area contributed by atoms with Crippen molar-refractivity contribution in [3.8, 4) is 0 Å². The Morgan fingerprint density at radius 2 is 1.75 bits per heavy atom. The second-order valence-corrected chi connectivity index (χ2v) is 7.09. The first-order chi connectivity index (χ1) is 13.6. The number of halogens is 1. The largest absolute Gasteiger partial charge is 0.370 e. The number of nitrogens with two attached hydrogens (primary N) is 1. The first kappa shape index (κ1) is 18.3. The van der Waals surface area contributed by atoms with Crippen molar-refractivity contribution >= 4 is 23.2 Å². The number of guanidine groups is 1. The Hall–Kier alpha value is -3.09. The molecule has 2 N–H and O–H groups in total. The smallest absolute Gasteiger partial charge is 0.228 e. The van der Waals surface area contributed by atoms with Gasteiger partial charge in [0.15, 0.2) is 5.96 Å². The van der Waals surface area contributed by atoms with Gasteiger partial charge in [-0.2, -0.15) is 0 Å². The van der Waals surface area contributed by atoms with Crippen LogP contribution in [0.1, 0.15) is 12.0 Å². The number of hydrogen-bond acceptors (Lipinski definition) is 3. The molecule has 2 aliphatic heterocycles. The molecule has 2 aromatic rings. The summed E-state index contributed by atoms with van der Waals surface area (Å²) in [4.78, 5) is 22.2. The lowest BCUT2D eigenvalue weighted by Crippen LogP contribution is -2.51. The third-order valence-corrected chi connectivity index (χ3v) is 5.29. The lowest BCUT2D eigenvalue weighted by molar-refractivity contribution is -0.122. The minimum Gasteiger partial charge on any atom is -0.370 e. The van der Waals surface area contributed by atoms with Crippen molar-refractivity contribution in [2.24, 2.45) is 10.7 Å². The second kappa shape index (κ2) is 7.88. The molecule has 2 aliphatic rings. The van der Waals surface area contributed by atoms with Crippen molar-refractivity contribution in [3.05, 3.63) is 59.9 Å². The summed E-state index contributed by atoms with van der Waals surface area (Å²) in [5.74, 6) is 0.477. The molecule has 2 saturated heterocycles. The number of carbonyl (C=O) groups excluding carboxylic acids is 1. The van der Waals surface area contributed by atoms with Gasteiger partial charge >= 0.3 is 0 Å². The molecule has 6 nitrogen and oxygen atoms in total.